The van der Waals surface area contributed by atoms with Crippen LogP contribution in [0.1, 0.15) is 44.9 Å². The average molecular weight is 202 g/mol. The van der Waals surface area contributed by atoms with Crippen LogP contribution in [0.3, 0.4) is 0 Å². The van der Waals surface area contributed by atoms with Gasteiger partial charge >= 0.3 is 0 Å². The van der Waals surface area contributed by atoms with E-state index < -0.39 is 0 Å². The molecule has 0 unspecified atom stereocenters. The van der Waals surface area contributed by atoms with Crippen molar-refractivity contribution in [2.24, 2.45) is 5.16 Å². The average Bonchev–Trinajstić information content (AvgIpc) is 2.16. The fourth-order valence-corrected chi connectivity index (χ4v) is 1.77. The van der Waals surface area contributed by atoms with Crippen molar-refractivity contribution in [2.75, 3.05) is 0 Å². The van der Waals surface area contributed by atoms with E-state index in [1.807, 2.05) is 6.08 Å². The summed E-state index contributed by atoms with van der Waals surface area (Å²) in [6.07, 6.45) is 9.80. The zero-order valence-corrected chi connectivity index (χ0v) is 8.56. The lowest BCUT2D eigenvalue weighted by molar-refractivity contribution is 0.317. The Morgan fingerprint density at radius 2 is 1.85 bits per heavy atom. The van der Waals surface area contributed by atoms with Gasteiger partial charge in [0.15, 0.2) is 0 Å². The van der Waals surface area contributed by atoms with E-state index in [4.69, 9.17) is 16.8 Å². The molecule has 0 aromatic carbocycles. The number of hydrogen-bond donors (Lipinski definition) is 1. The van der Waals surface area contributed by atoms with Crippen molar-refractivity contribution in [2.45, 2.75) is 44.9 Å². The van der Waals surface area contributed by atoms with Gasteiger partial charge in [-0.25, -0.2) is 0 Å². The van der Waals surface area contributed by atoms with Gasteiger partial charge in [0.1, 0.15) is 0 Å². The van der Waals surface area contributed by atoms with E-state index in [2.05, 4.69) is 5.16 Å². The number of allylic oxidation sites excluding steroid dienone is 2. The third-order valence-corrected chi connectivity index (χ3v) is 2.71. The Bertz CT molecular complexity index is 211. The molecule has 0 saturated carbocycles. The molecule has 1 aliphatic carbocycles. The van der Waals surface area contributed by atoms with Gasteiger partial charge in [-0.1, -0.05) is 42.1 Å². The zero-order chi connectivity index (χ0) is 9.52. The largest absolute Gasteiger partial charge is 0.411 e. The van der Waals surface area contributed by atoms with Crippen LogP contribution >= 0.6 is 11.6 Å². The molecule has 2 nitrogen and oxygen atoms in total. The van der Waals surface area contributed by atoms with Crippen LogP contribution in [0.5, 0.6) is 0 Å². The van der Waals surface area contributed by atoms with Gasteiger partial charge < -0.3 is 5.21 Å². The Kier molecular flexibility index (Phi) is 4.91. The molecule has 0 spiro atoms. The fourth-order valence-electron chi connectivity index (χ4n) is 1.53. The van der Waals surface area contributed by atoms with Crippen molar-refractivity contribution in [1.29, 1.82) is 0 Å². The molecule has 0 aromatic heterocycles. The van der Waals surface area contributed by atoms with E-state index in [1.165, 1.54) is 25.7 Å². The van der Waals surface area contributed by atoms with E-state index in [0.717, 1.165) is 19.3 Å². The van der Waals surface area contributed by atoms with Crippen molar-refractivity contribution >= 4 is 17.3 Å². The Morgan fingerprint density at radius 1 is 1.15 bits per heavy atom. The zero-order valence-electron chi connectivity index (χ0n) is 7.80. The highest BCUT2D eigenvalue weighted by atomic mass is 35.5. The van der Waals surface area contributed by atoms with Crippen molar-refractivity contribution in [3.63, 3.8) is 0 Å². The van der Waals surface area contributed by atoms with E-state index in [-0.39, 0.29) is 0 Å². The van der Waals surface area contributed by atoms with Crippen LogP contribution in [0.4, 0.5) is 0 Å². The van der Waals surface area contributed by atoms with Crippen LogP contribution < -0.4 is 0 Å². The molecule has 0 radical (unpaired) electrons. The fraction of sp³-hybridized carbons (Fsp3) is 0.700. The molecule has 13 heavy (non-hydrogen) atoms. The molecule has 1 N–H and O–H groups in total. The van der Waals surface area contributed by atoms with Crippen LogP contribution in [-0.4, -0.2) is 10.9 Å². The van der Waals surface area contributed by atoms with Crippen LogP contribution in [-0.2, 0) is 0 Å². The predicted molar refractivity (Wildman–Crippen MR) is 55.5 cm³/mol. The first kappa shape index (κ1) is 10.6. The second-order valence-electron chi connectivity index (χ2n) is 3.41. The van der Waals surface area contributed by atoms with Gasteiger partial charge in [0.25, 0.3) is 0 Å². The number of nitrogens with zero attached hydrogens (tertiary/aromatic N) is 1. The minimum Gasteiger partial charge on any atom is -0.411 e. The molecular weight excluding hydrogens is 186 g/mol. The van der Waals surface area contributed by atoms with Crippen molar-refractivity contribution in [3.8, 4) is 0 Å². The van der Waals surface area contributed by atoms with Crippen LogP contribution in [0.15, 0.2) is 16.3 Å². The molecule has 0 bridgehead atoms. The number of rotatable bonds is 0. The highest BCUT2D eigenvalue weighted by molar-refractivity contribution is 6.43. The highest BCUT2D eigenvalue weighted by Crippen LogP contribution is 2.17. The SMILES string of the molecule is O/N=C1CCCCCCC/C=C\1Cl. The molecular formula is C10H16ClNO. The van der Waals surface area contributed by atoms with Gasteiger partial charge in [-0.3, -0.25) is 0 Å². The highest BCUT2D eigenvalue weighted by Gasteiger charge is 2.06. The Balaban J connectivity index is 2.58. The molecule has 0 aliphatic heterocycles. The minimum absolute atomic E-state index is 0.629. The van der Waals surface area contributed by atoms with Crippen molar-refractivity contribution in [1.82, 2.24) is 0 Å². The van der Waals surface area contributed by atoms with Gasteiger partial charge in [0, 0.05) is 0 Å². The summed E-state index contributed by atoms with van der Waals surface area (Å²) in [5, 5.41) is 12.6. The Morgan fingerprint density at radius 3 is 2.62 bits per heavy atom. The van der Waals surface area contributed by atoms with Gasteiger partial charge in [-0.05, 0) is 25.7 Å². The first-order chi connectivity index (χ1) is 6.34. The molecule has 74 valence electrons. The summed E-state index contributed by atoms with van der Waals surface area (Å²) in [5.74, 6) is 0. The third kappa shape index (κ3) is 3.81. The summed E-state index contributed by atoms with van der Waals surface area (Å²) < 4.78 is 0. The summed E-state index contributed by atoms with van der Waals surface area (Å²) in [7, 11) is 0. The van der Waals surface area contributed by atoms with Gasteiger partial charge in [0.2, 0.25) is 0 Å². The molecule has 0 aromatic rings. The quantitative estimate of drug-likeness (QED) is 0.471. The first-order valence-corrected chi connectivity index (χ1v) is 5.29. The van der Waals surface area contributed by atoms with Crippen LogP contribution in [0.2, 0.25) is 0 Å². The standard InChI is InChI=1S/C10H16ClNO/c11-9-7-5-3-1-2-4-6-8-10(9)12-13/h7,13H,1-6,8H2/b9-7+,12-10+. The van der Waals surface area contributed by atoms with Crippen molar-refractivity contribution < 1.29 is 5.21 Å². The van der Waals surface area contributed by atoms with E-state index in [9.17, 15) is 0 Å². The Hall–Kier alpha value is -0.500. The molecule has 1 rings (SSSR count). The smallest absolute Gasteiger partial charge is 0.0978 e. The normalized spacial score (nSPS) is 28.1. The van der Waals surface area contributed by atoms with Gasteiger partial charge in [0.05, 0.1) is 10.7 Å². The van der Waals surface area contributed by atoms with E-state index in [1.54, 1.807) is 0 Å². The third-order valence-electron chi connectivity index (χ3n) is 2.34. The summed E-state index contributed by atoms with van der Waals surface area (Å²) in [4.78, 5) is 0. The molecule has 0 heterocycles. The number of oxime groups is 1. The minimum atomic E-state index is 0.629. The molecule has 0 saturated heterocycles. The summed E-state index contributed by atoms with van der Waals surface area (Å²) >= 11 is 5.96. The lowest BCUT2D eigenvalue weighted by Gasteiger charge is -2.06. The summed E-state index contributed by atoms with van der Waals surface area (Å²) in [5.41, 5.74) is 0.642. The lowest BCUT2D eigenvalue weighted by atomic mass is 10.0. The molecule has 0 amide bonds. The molecule has 0 fully saturated rings. The maximum Gasteiger partial charge on any atom is 0.0978 e. The first-order valence-electron chi connectivity index (χ1n) is 4.91. The number of hydrogen-bond acceptors (Lipinski definition) is 2. The van der Waals surface area contributed by atoms with Crippen LogP contribution in [0, 0.1) is 0 Å². The number of halogens is 1. The Labute approximate surface area is 84.3 Å². The maximum atomic E-state index is 8.70. The maximum absolute atomic E-state index is 8.70. The molecule has 0 atom stereocenters. The molecule has 1 aliphatic rings. The van der Waals surface area contributed by atoms with E-state index >= 15 is 0 Å². The summed E-state index contributed by atoms with van der Waals surface area (Å²) in [6, 6.07) is 0. The molecule has 3 heteroatoms. The topological polar surface area (TPSA) is 32.6 Å². The van der Waals surface area contributed by atoms with Gasteiger partial charge in [-0.2, -0.15) is 0 Å². The predicted octanol–water partition coefficient (Wildman–Crippen LogP) is 3.68. The monoisotopic (exact) mass is 201 g/mol. The van der Waals surface area contributed by atoms with Crippen molar-refractivity contribution in [3.05, 3.63) is 11.1 Å². The van der Waals surface area contributed by atoms with Gasteiger partial charge in [-0.15, -0.1) is 0 Å². The van der Waals surface area contributed by atoms with Crippen LogP contribution in [0.25, 0.3) is 0 Å². The second kappa shape index (κ2) is 6.03. The second-order valence-corrected chi connectivity index (χ2v) is 3.81. The lowest BCUT2D eigenvalue weighted by Crippen LogP contribution is -2.00. The van der Waals surface area contributed by atoms with E-state index in [0.29, 0.717) is 10.7 Å². The summed E-state index contributed by atoms with van der Waals surface area (Å²) in [6.45, 7) is 0.